The van der Waals surface area contributed by atoms with E-state index in [1.54, 1.807) is 0 Å². The number of aryl methyl sites for hydroxylation is 1. The number of carbonyl (C=O) groups is 1. The van der Waals surface area contributed by atoms with Crippen molar-refractivity contribution in [3.63, 3.8) is 0 Å². The molecular formula is C20H22N4O. The zero-order valence-electron chi connectivity index (χ0n) is 14.5. The van der Waals surface area contributed by atoms with Crippen LogP contribution in [0.15, 0.2) is 48.5 Å². The van der Waals surface area contributed by atoms with Gasteiger partial charge in [-0.15, -0.1) is 0 Å². The van der Waals surface area contributed by atoms with Gasteiger partial charge in [0.05, 0.1) is 11.0 Å². The van der Waals surface area contributed by atoms with Gasteiger partial charge < -0.3 is 15.2 Å². The Morgan fingerprint density at radius 3 is 2.56 bits per heavy atom. The van der Waals surface area contributed by atoms with Crippen molar-refractivity contribution in [3.05, 3.63) is 48.5 Å². The first kappa shape index (κ1) is 15.8. The average Bonchev–Trinajstić information content (AvgIpc) is 2.91. The maximum Gasteiger partial charge on any atom is 0.227 e. The highest BCUT2D eigenvalue weighted by Gasteiger charge is 2.28. The van der Waals surface area contributed by atoms with Crippen LogP contribution in [0.2, 0.25) is 0 Å². The SMILES string of the molecule is CC(C(=O)Nc1ccc(-c2nc3ccccc3n2C)cc1)C1CNC1. The summed E-state index contributed by atoms with van der Waals surface area (Å²) in [5.74, 6) is 1.48. The van der Waals surface area contributed by atoms with Crippen molar-refractivity contribution in [2.75, 3.05) is 18.4 Å². The second-order valence-corrected chi connectivity index (χ2v) is 6.76. The third-order valence-corrected chi connectivity index (χ3v) is 5.13. The number of nitrogens with zero attached hydrogens (tertiary/aromatic N) is 2. The Kier molecular flexibility index (Phi) is 4.01. The van der Waals surface area contributed by atoms with Gasteiger partial charge in [-0.2, -0.15) is 0 Å². The van der Waals surface area contributed by atoms with Gasteiger partial charge in [0.2, 0.25) is 5.91 Å². The van der Waals surface area contributed by atoms with Crippen molar-refractivity contribution in [1.29, 1.82) is 0 Å². The van der Waals surface area contributed by atoms with Gasteiger partial charge in [0, 0.05) is 24.2 Å². The van der Waals surface area contributed by atoms with Crippen LogP contribution in [0.25, 0.3) is 22.4 Å². The van der Waals surface area contributed by atoms with E-state index >= 15 is 0 Å². The molecule has 1 aromatic heterocycles. The van der Waals surface area contributed by atoms with Gasteiger partial charge >= 0.3 is 0 Å². The van der Waals surface area contributed by atoms with Gasteiger partial charge in [0.1, 0.15) is 5.82 Å². The van der Waals surface area contributed by atoms with Crippen molar-refractivity contribution in [2.45, 2.75) is 6.92 Å². The first-order valence-electron chi connectivity index (χ1n) is 8.67. The predicted octanol–water partition coefficient (Wildman–Crippen LogP) is 3.03. The van der Waals surface area contributed by atoms with Gasteiger partial charge in [-0.1, -0.05) is 19.1 Å². The van der Waals surface area contributed by atoms with E-state index in [4.69, 9.17) is 4.98 Å². The van der Waals surface area contributed by atoms with Crippen LogP contribution in [0.1, 0.15) is 6.92 Å². The Hall–Kier alpha value is -2.66. The first-order valence-corrected chi connectivity index (χ1v) is 8.67. The van der Waals surface area contributed by atoms with E-state index < -0.39 is 0 Å². The number of anilines is 1. The van der Waals surface area contributed by atoms with Gasteiger partial charge in [-0.3, -0.25) is 4.79 Å². The lowest BCUT2D eigenvalue weighted by Gasteiger charge is -2.31. The summed E-state index contributed by atoms with van der Waals surface area (Å²) in [4.78, 5) is 17.0. The zero-order chi connectivity index (χ0) is 17.4. The molecule has 1 aliphatic rings. The number of para-hydroxylation sites is 2. The molecule has 5 heteroatoms. The Bertz CT molecular complexity index is 909. The number of nitrogens with one attached hydrogen (secondary N) is 2. The smallest absolute Gasteiger partial charge is 0.227 e. The fraction of sp³-hybridized carbons (Fsp3) is 0.300. The van der Waals surface area contributed by atoms with Crippen LogP contribution in [-0.4, -0.2) is 28.5 Å². The number of amides is 1. The minimum absolute atomic E-state index is 0.0285. The summed E-state index contributed by atoms with van der Waals surface area (Å²) in [6, 6.07) is 16.0. The normalized spacial score (nSPS) is 15.8. The summed E-state index contributed by atoms with van der Waals surface area (Å²) in [6.45, 7) is 3.86. The molecule has 0 aliphatic carbocycles. The molecule has 1 saturated heterocycles. The van der Waals surface area contributed by atoms with Crippen molar-refractivity contribution < 1.29 is 4.79 Å². The summed E-state index contributed by atoms with van der Waals surface area (Å²) in [7, 11) is 2.02. The zero-order valence-corrected chi connectivity index (χ0v) is 14.5. The maximum absolute atomic E-state index is 12.3. The van der Waals surface area contributed by atoms with Crippen molar-refractivity contribution in [2.24, 2.45) is 18.9 Å². The Morgan fingerprint density at radius 1 is 1.20 bits per heavy atom. The molecule has 1 amide bonds. The van der Waals surface area contributed by atoms with E-state index in [2.05, 4.69) is 21.3 Å². The van der Waals surface area contributed by atoms with E-state index in [0.29, 0.717) is 5.92 Å². The Labute approximate surface area is 147 Å². The lowest BCUT2D eigenvalue weighted by Crippen LogP contribution is -2.48. The van der Waals surface area contributed by atoms with Crippen LogP contribution >= 0.6 is 0 Å². The molecule has 3 aromatic rings. The number of hydrogen-bond acceptors (Lipinski definition) is 3. The molecular weight excluding hydrogens is 312 g/mol. The van der Waals surface area contributed by atoms with Crippen molar-refractivity contribution in [3.8, 4) is 11.4 Å². The van der Waals surface area contributed by atoms with Crippen LogP contribution in [0, 0.1) is 11.8 Å². The second kappa shape index (κ2) is 6.33. The van der Waals surface area contributed by atoms with Crippen LogP contribution in [0.5, 0.6) is 0 Å². The highest BCUT2D eigenvalue weighted by atomic mass is 16.1. The van der Waals surface area contributed by atoms with Gasteiger partial charge in [0.15, 0.2) is 0 Å². The van der Waals surface area contributed by atoms with Crippen LogP contribution in [-0.2, 0) is 11.8 Å². The number of fused-ring (bicyclic) bond motifs is 1. The summed E-state index contributed by atoms with van der Waals surface area (Å²) in [5, 5.41) is 6.23. The minimum Gasteiger partial charge on any atom is -0.327 e. The van der Waals surface area contributed by atoms with Crippen molar-refractivity contribution in [1.82, 2.24) is 14.9 Å². The molecule has 25 heavy (non-hydrogen) atoms. The first-order chi connectivity index (χ1) is 12.1. The molecule has 0 radical (unpaired) electrons. The molecule has 128 valence electrons. The minimum atomic E-state index is 0.0285. The number of imidazole rings is 1. The largest absolute Gasteiger partial charge is 0.327 e. The molecule has 0 bridgehead atoms. The third-order valence-electron chi connectivity index (χ3n) is 5.13. The van der Waals surface area contributed by atoms with Crippen molar-refractivity contribution >= 4 is 22.6 Å². The van der Waals surface area contributed by atoms with Gasteiger partial charge in [-0.05, 0) is 55.4 Å². The molecule has 1 atom stereocenters. The molecule has 1 aliphatic heterocycles. The molecule has 0 saturated carbocycles. The van der Waals surface area contributed by atoms with E-state index in [-0.39, 0.29) is 11.8 Å². The lowest BCUT2D eigenvalue weighted by atomic mass is 9.88. The fourth-order valence-electron chi connectivity index (χ4n) is 3.24. The number of rotatable bonds is 4. The topological polar surface area (TPSA) is 59.0 Å². The highest BCUT2D eigenvalue weighted by Crippen LogP contribution is 2.25. The lowest BCUT2D eigenvalue weighted by molar-refractivity contribution is -0.121. The Balaban J connectivity index is 1.53. The average molecular weight is 334 g/mol. The molecule has 2 N–H and O–H groups in total. The van der Waals surface area contributed by atoms with Gasteiger partial charge in [0.25, 0.3) is 0 Å². The van der Waals surface area contributed by atoms with E-state index in [1.807, 2.05) is 56.4 Å². The second-order valence-electron chi connectivity index (χ2n) is 6.76. The number of benzene rings is 2. The molecule has 0 spiro atoms. The molecule has 1 unspecified atom stereocenters. The third kappa shape index (κ3) is 2.91. The number of hydrogen-bond donors (Lipinski definition) is 2. The standard InChI is InChI=1S/C20H22N4O/c1-13(15-11-21-12-15)20(25)22-16-9-7-14(8-10-16)19-23-17-5-3-4-6-18(17)24(19)2/h3-10,13,15,21H,11-12H2,1-2H3,(H,22,25). The van der Waals surface area contributed by atoms with Crippen LogP contribution in [0.3, 0.4) is 0 Å². The fourth-order valence-corrected chi connectivity index (χ4v) is 3.24. The van der Waals surface area contributed by atoms with Crippen LogP contribution < -0.4 is 10.6 Å². The predicted molar refractivity (Wildman–Crippen MR) is 100 cm³/mol. The molecule has 2 aromatic carbocycles. The number of carbonyl (C=O) groups excluding carboxylic acids is 1. The summed E-state index contributed by atoms with van der Waals surface area (Å²) >= 11 is 0. The molecule has 5 nitrogen and oxygen atoms in total. The summed E-state index contributed by atoms with van der Waals surface area (Å²) in [5.41, 5.74) is 3.96. The van der Waals surface area contributed by atoms with Gasteiger partial charge in [-0.25, -0.2) is 4.98 Å². The van der Waals surface area contributed by atoms with E-state index in [1.165, 1.54) is 0 Å². The molecule has 1 fully saturated rings. The molecule has 2 heterocycles. The monoisotopic (exact) mass is 334 g/mol. The van der Waals surface area contributed by atoms with E-state index in [0.717, 1.165) is 41.2 Å². The highest BCUT2D eigenvalue weighted by molar-refractivity contribution is 5.93. The van der Waals surface area contributed by atoms with Crippen LogP contribution in [0.4, 0.5) is 5.69 Å². The maximum atomic E-state index is 12.3. The number of aromatic nitrogens is 2. The summed E-state index contributed by atoms with van der Waals surface area (Å²) < 4.78 is 2.09. The van der Waals surface area contributed by atoms with E-state index in [9.17, 15) is 4.79 Å². The Morgan fingerprint density at radius 2 is 1.92 bits per heavy atom. The molecule has 4 rings (SSSR count). The quantitative estimate of drug-likeness (QED) is 0.771. The summed E-state index contributed by atoms with van der Waals surface area (Å²) in [6.07, 6.45) is 0.